The lowest BCUT2D eigenvalue weighted by atomic mass is 10.0. The highest BCUT2D eigenvalue weighted by atomic mass is 32.2. The van der Waals surface area contributed by atoms with Crippen LogP contribution in [0.2, 0.25) is 0 Å². The van der Waals surface area contributed by atoms with Gasteiger partial charge in [0.1, 0.15) is 10.9 Å². The summed E-state index contributed by atoms with van der Waals surface area (Å²) in [4.78, 5) is 25.7. The third-order valence-electron chi connectivity index (χ3n) is 3.91. The second kappa shape index (κ2) is 5.13. The molecule has 0 bridgehead atoms. The number of carbonyl (C=O) groups excluding carboxylic acids is 2. The van der Waals surface area contributed by atoms with Gasteiger partial charge in [-0.1, -0.05) is 30.3 Å². The quantitative estimate of drug-likeness (QED) is 0.801. The Balaban J connectivity index is 1.96. The zero-order valence-corrected chi connectivity index (χ0v) is 12.2. The third kappa shape index (κ3) is 1.92. The standard InChI is InChI=1S/C15H17NO3S/c1-2-19-14(18)12-10-20-15(9-8-13(17)16(12)15)11-6-4-3-5-7-11/h3-7,12H,2,8-10H2,1H3/t12-,15-/m1/s1. The third-order valence-corrected chi connectivity index (χ3v) is 5.51. The van der Waals surface area contributed by atoms with E-state index in [9.17, 15) is 9.59 Å². The molecule has 1 aromatic rings. The van der Waals surface area contributed by atoms with Gasteiger partial charge < -0.3 is 9.64 Å². The van der Waals surface area contributed by atoms with Crippen molar-refractivity contribution in [3.8, 4) is 0 Å². The number of carbonyl (C=O) groups is 2. The summed E-state index contributed by atoms with van der Waals surface area (Å²) >= 11 is 1.68. The van der Waals surface area contributed by atoms with Gasteiger partial charge in [0.2, 0.25) is 5.91 Å². The van der Waals surface area contributed by atoms with Crippen LogP contribution in [0, 0.1) is 0 Å². The van der Waals surface area contributed by atoms with Crippen molar-refractivity contribution in [3.05, 3.63) is 35.9 Å². The molecular formula is C15H17NO3S. The molecule has 0 radical (unpaired) electrons. The van der Waals surface area contributed by atoms with Gasteiger partial charge in [0, 0.05) is 12.2 Å². The number of esters is 1. The fourth-order valence-corrected chi connectivity index (χ4v) is 4.69. The maximum Gasteiger partial charge on any atom is 0.329 e. The average molecular weight is 291 g/mol. The molecule has 106 valence electrons. The first-order valence-electron chi connectivity index (χ1n) is 6.87. The van der Waals surface area contributed by atoms with Crippen LogP contribution in [0.15, 0.2) is 30.3 Å². The Morgan fingerprint density at radius 3 is 2.90 bits per heavy atom. The molecule has 0 unspecified atom stereocenters. The van der Waals surface area contributed by atoms with E-state index in [-0.39, 0.29) is 16.7 Å². The van der Waals surface area contributed by atoms with E-state index in [2.05, 4.69) is 0 Å². The minimum atomic E-state index is -0.449. The highest BCUT2D eigenvalue weighted by molar-refractivity contribution is 8.00. The molecule has 0 aromatic heterocycles. The lowest BCUT2D eigenvalue weighted by molar-refractivity contribution is -0.153. The number of benzene rings is 1. The van der Waals surface area contributed by atoms with Gasteiger partial charge in [-0.2, -0.15) is 0 Å². The molecule has 2 fully saturated rings. The molecule has 0 aliphatic carbocycles. The SMILES string of the molecule is CCOC(=O)[C@H]1CS[C@@]2(c3ccccc3)CCC(=O)N12. The molecule has 0 N–H and O–H groups in total. The zero-order valence-electron chi connectivity index (χ0n) is 11.4. The predicted octanol–water partition coefficient (Wildman–Crippen LogP) is 2.14. The molecule has 2 atom stereocenters. The van der Waals surface area contributed by atoms with Gasteiger partial charge in [0.15, 0.2) is 0 Å². The summed E-state index contributed by atoms with van der Waals surface area (Å²) in [6, 6.07) is 9.53. The number of rotatable bonds is 3. The van der Waals surface area contributed by atoms with Crippen molar-refractivity contribution in [2.24, 2.45) is 0 Å². The van der Waals surface area contributed by atoms with E-state index < -0.39 is 6.04 Å². The number of fused-ring (bicyclic) bond motifs is 1. The van der Waals surface area contributed by atoms with Crippen molar-refractivity contribution in [1.29, 1.82) is 0 Å². The van der Waals surface area contributed by atoms with E-state index >= 15 is 0 Å². The summed E-state index contributed by atoms with van der Waals surface area (Å²) in [5.41, 5.74) is 1.10. The number of thioether (sulfide) groups is 1. The summed E-state index contributed by atoms with van der Waals surface area (Å²) < 4.78 is 5.12. The normalized spacial score (nSPS) is 28.6. The zero-order chi connectivity index (χ0) is 14.2. The molecule has 3 rings (SSSR count). The van der Waals surface area contributed by atoms with Crippen LogP contribution in [0.5, 0.6) is 0 Å². The fraction of sp³-hybridized carbons (Fsp3) is 0.467. The van der Waals surface area contributed by atoms with Crippen LogP contribution in [0.25, 0.3) is 0 Å². The summed E-state index contributed by atoms with van der Waals surface area (Å²) in [5, 5.41) is 0. The Kier molecular flexibility index (Phi) is 3.46. The Labute approximate surface area is 122 Å². The molecule has 5 heteroatoms. The molecule has 4 nitrogen and oxygen atoms in total. The molecule has 1 amide bonds. The van der Waals surface area contributed by atoms with Gasteiger partial charge in [-0.15, -0.1) is 11.8 Å². The van der Waals surface area contributed by atoms with Gasteiger partial charge in [-0.25, -0.2) is 4.79 Å². The number of nitrogens with zero attached hydrogens (tertiary/aromatic N) is 1. The topological polar surface area (TPSA) is 46.6 Å². The summed E-state index contributed by atoms with van der Waals surface area (Å²) in [5.74, 6) is 0.379. The maximum atomic E-state index is 12.3. The maximum absolute atomic E-state index is 12.3. The second-order valence-electron chi connectivity index (χ2n) is 4.99. The van der Waals surface area contributed by atoms with Gasteiger partial charge >= 0.3 is 5.97 Å². The van der Waals surface area contributed by atoms with Gasteiger partial charge in [0.05, 0.1) is 6.61 Å². The first kappa shape index (κ1) is 13.5. The lowest BCUT2D eigenvalue weighted by Gasteiger charge is -2.33. The van der Waals surface area contributed by atoms with Crippen molar-refractivity contribution >= 4 is 23.6 Å². The van der Waals surface area contributed by atoms with Crippen LogP contribution in [0.4, 0.5) is 0 Å². The smallest absolute Gasteiger partial charge is 0.329 e. The highest BCUT2D eigenvalue weighted by Crippen LogP contribution is 2.54. The Morgan fingerprint density at radius 2 is 2.20 bits per heavy atom. The monoisotopic (exact) mass is 291 g/mol. The number of amides is 1. The summed E-state index contributed by atoms with van der Waals surface area (Å²) in [6.45, 7) is 2.14. The molecule has 2 saturated heterocycles. The summed E-state index contributed by atoms with van der Waals surface area (Å²) in [6.07, 6.45) is 1.26. The van der Waals surface area contributed by atoms with Crippen molar-refractivity contribution in [2.45, 2.75) is 30.7 Å². The van der Waals surface area contributed by atoms with E-state index in [4.69, 9.17) is 4.74 Å². The second-order valence-corrected chi connectivity index (χ2v) is 6.29. The lowest BCUT2D eigenvalue weighted by Crippen LogP contribution is -2.46. The first-order chi connectivity index (χ1) is 9.69. The van der Waals surface area contributed by atoms with E-state index in [1.807, 2.05) is 30.3 Å². The molecule has 20 heavy (non-hydrogen) atoms. The van der Waals surface area contributed by atoms with Crippen LogP contribution in [-0.2, 0) is 19.2 Å². The van der Waals surface area contributed by atoms with Gasteiger partial charge in [0.25, 0.3) is 0 Å². The fourth-order valence-electron chi connectivity index (χ4n) is 3.05. The number of hydrogen-bond acceptors (Lipinski definition) is 4. The molecule has 0 spiro atoms. The Hall–Kier alpha value is -1.49. The predicted molar refractivity (Wildman–Crippen MR) is 77.1 cm³/mol. The van der Waals surface area contributed by atoms with E-state index in [0.29, 0.717) is 18.8 Å². The van der Waals surface area contributed by atoms with E-state index in [0.717, 1.165) is 12.0 Å². The molecular weight excluding hydrogens is 274 g/mol. The highest BCUT2D eigenvalue weighted by Gasteiger charge is 2.57. The molecule has 2 aliphatic heterocycles. The van der Waals surface area contributed by atoms with Crippen molar-refractivity contribution < 1.29 is 14.3 Å². The van der Waals surface area contributed by atoms with Crippen LogP contribution in [-0.4, -0.2) is 35.2 Å². The van der Waals surface area contributed by atoms with Gasteiger partial charge in [-0.05, 0) is 18.9 Å². The van der Waals surface area contributed by atoms with Crippen LogP contribution in [0.1, 0.15) is 25.3 Å². The van der Waals surface area contributed by atoms with Gasteiger partial charge in [-0.3, -0.25) is 4.79 Å². The van der Waals surface area contributed by atoms with Crippen LogP contribution in [0.3, 0.4) is 0 Å². The Bertz CT molecular complexity index is 533. The summed E-state index contributed by atoms with van der Waals surface area (Å²) in [7, 11) is 0. The minimum absolute atomic E-state index is 0.0527. The molecule has 2 heterocycles. The number of hydrogen-bond donors (Lipinski definition) is 0. The van der Waals surface area contributed by atoms with Crippen molar-refractivity contribution in [1.82, 2.24) is 4.90 Å². The van der Waals surface area contributed by atoms with E-state index in [1.165, 1.54) is 0 Å². The molecule has 1 aromatic carbocycles. The largest absolute Gasteiger partial charge is 0.464 e. The van der Waals surface area contributed by atoms with Crippen molar-refractivity contribution in [2.75, 3.05) is 12.4 Å². The van der Waals surface area contributed by atoms with Crippen LogP contribution >= 0.6 is 11.8 Å². The minimum Gasteiger partial charge on any atom is -0.464 e. The number of ether oxygens (including phenoxy) is 1. The molecule has 2 aliphatic rings. The van der Waals surface area contributed by atoms with Crippen LogP contribution < -0.4 is 0 Å². The Morgan fingerprint density at radius 1 is 1.45 bits per heavy atom. The van der Waals surface area contributed by atoms with E-state index in [1.54, 1.807) is 23.6 Å². The molecule has 0 saturated carbocycles. The average Bonchev–Trinajstić information content (AvgIpc) is 3.00. The first-order valence-corrected chi connectivity index (χ1v) is 7.86. The van der Waals surface area contributed by atoms with Crippen molar-refractivity contribution in [3.63, 3.8) is 0 Å².